The molecular weight excluding hydrogens is 310 g/mol. The van der Waals surface area contributed by atoms with Crippen molar-refractivity contribution >= 4 is 17.7 Å². The first-order chi connectivity index (χ1) is 11.5. The minimum Gasteiger partial charge on any atom is -0.465 e. The molecule has 0 aliphatic carbocycles. The van der Waals surface area contributed by atoms with Crippen LogP contribution in [0.4, 0.5) is 10.5 Å². The molecule has 2 N–H and O–H groups in total. The van der Waals surface area contributed by atoms with Crippen LogP contribution in [0.5, 0.6) is 0 Å². The van der Waals surface area contributed by atoms with Crippen LogP contribution < -0.4 is 10.6 Å². The molecule has 0 aliphatic rings. The predicted molar refractivity (Wildman–Crippen MR) is 88.7 cm³/mol. The van der Waals surface area contributed by atoms with Gasteiger partial charge < -0.3 is 15.4 Å². The van der Waals surface area contributed by atoms with Gasteiger partial charge in [0.1, 0.15) is 12.2 Å². The molecule has 24 heavy (non-hydrogen) atoms. The first kappa shape index (κ1) is 17.5. The van der Waals surface area contributed by atoms with Gasteiger partial charge in [-0.05, 0) is 37.6 Å². The van der Waals surface area contributed by atoms with Crippen molar-refractivity contribution in [3.05, 3.63) is 42.0 Å². The minimum atomic E-state index is -0.421. The first-order valence-electron chi connectivity index (χ1n) is 7.68. The lowest BCUT2D eigenvalue weighted by molar-refractivity contribution is 0.0600. The standard InChI is InChI=1S/C16H21N5O3/c1-4-9-21-14(17-10-18-21)11(2)19-16(23)20-13-7-5-12(6-8-13)15(22)24-3/h5-8,10-11H,4,9H2,1-3H3,(H2,19,20,23)/t11-/m1/s1. The van der Waals surface area contributed by atoms with E-state index < -0.39 is 5.97 Å². The maximum Gasteiger partial charge on any atom is 0.337 e. The summed E-state index contributed by atoms with van der Waals surface area (Å²) in [5.74, 6) is 0.280. The van der Waals surface area contributed by atoms with Crippen molar-refractivity contribution in [2.75, 3.05) is 12.4 Å². The number of urea groups is 1. The number of hydrogen-bond acceptors (Lipinski definition) is 5. The summed E-state index contributed by atoms with van der Waals surface area (Å²) in [5, 5.41) is 9.67. The molecule has 1 heterocycles. The molecule has 0 aliphatic heterocycles. The Morgan fingerprint density at radius 3 is 2.62 bits per heavy atom. The largest absolute Gasteiger partial charge is 0.465 e. The molecule has 8 nitrogen and oxygen atoms in total. The van der Waals surface area contributed by atoms with E-state index in [4.69, 9.17) is 0 Å². The van der Waals surface area contributed by atoms with Gasteiger partial charge in [0.25, 0.3) is 0 Å². The number of anilines is 1. The van der Waals surface area contributed by atoms with E-state index in [-0.39, 0.29) is 12.1 Å². The number of carbonyl (C=O) groups is 2. The van der Waals surface area contributed by atoms with Crippen LogP contribution in [0.3, 0.4) is 0 Å². The van der Waals surface area contributed by atoms with Gasteiger partial charge in [-0.2, -0.15) is 5.10 Å². The van der Waals surface area contributed by atoms with E-state index in [0.29, 0.717) is 17.1 Å². The number of hydrogen-bond donors (Lipinski definition) is 2. The molecule has 0 unspecified atom stereocenters. The van der Waals surface area contributed by atoms with E-state index in [1.165, 1.54) is 13.4 Å². The van der Waals surface area contributed by atoms with Crippen LogP contribution in [0.15, 0.2) is 30.6 Å². The summed E-state index contributed by atoms with van der Waals surface area (Å²) in [5.41, 5.74) is 0.992. The molecule has 2 aromatic rings. The normalized spacial score (nSPS) is 11.6. The molecule has 128 valence electrons. The van der Waals surface area contributed by atoms with Gasteiger partial charge in [0.15, 0.2) is 0 Å². The summed E-state index contributed by atoms with van der Waals surface area (Å²) in [6, 6.07) is 5.80. The second-order valence-corrected chi connectivity index (χ2v) is 5.23. The van der Waals surface area contributed by atoms with Crippen LogP contribution in [0.25, 0.3) is 0 Å². The van der Waals surface area contributed by atoms with Gasteiger partial charge in [-0.25, -0.2) is 19.3 Å². The molecule has 2 rings (SSSR count). The SMILES string of the molecule is CCCn1ncnc1[C@@H](C)NC(=O)Nc1ccc(C(=O)OC)cc1. The molecule has 0 saturated carbocycles. The summed E-state index contributed by atoms with van der Waals surface area (Å²) in [4.78, 5) is 27.7. The zero-order valence-corrected chi connectivity index (χ0v) is 13.9. The lowest BCUT2D eigenvalue weighted by Crippen LogP contribution is -2.32. The van der Waals surface area contributed by atoms with Crippen molar-refractivity contribution in [2.45, 2.75) is 32.9 Å². The number of benzene rings is 1. The van der Waals surface area contributed by atoms with Crippen molar-refractivity contribution in [1.82, 2.24) is 20.1 Å². The van der Waals surface area contributed by atoms with Crippen LogP contribution in [-0.4, -0.2) is 33.9 Å². The van der Waals surface area contributed by atoms with E-state index in [0.717, 1.165) is 13.0 Å². The molecule has 0 spiro atoms. The van der Waals surface area contributed by atoms with E-state index in [9.17, 15) is 9.59 Å². The molecule has 8 heteroatoms. The third-order valence-corrected chi connectivity index (χ3v) is 3.38. The Bertz CT molecular complexity index is 696. The zero-order chi connectivity index (χ0) is 17.5. The Labute approximate surface area is 140 Å². The Balaban J connectivity index is 1.95. The highest BCUT2D eigenvalue weighted by molar-refractivity contribution is 5.92. The fraction of sp³-hybridized carbons (Fsp3) is 0.375. The van der Waals surface area contributed by atoms with Crippen LogP contribution in [0, 0.1) is 0 Å². The maximum absolute atomic E-state index is 12.1. The van der Waals surface area contributed by atoms with Crippen molar-refractivity contribution in [3.8, 4) is 0 Å². The Morgan fingerprint density at radius 2 is 2.00 bits per heavy atom. The third-order valence-electron chi connectivity index (χ3n) is 3.38. The number of carbonyl (C=O) groups excluding carboxylic acids is 2. The average Bonchev–Trinajstić information content (AvgIpc) is 3.03. The summed E-state index contributed by atoms with van der Waals surface area (Å²) in [7, 11) is 1.32. The van der Waals surface area contributed by atoms with E-state index in [1.807, 2.05) is 13.8 Å². The van der Waals surface area contributed by atoms with Gasteiger partial charge in [0.05, 0.1) is 18.7 Å². The zero-order valence-electron chi connectivity index (χ0n) is 13.9. The van der Waals surface area contributed by atoms with E-state index in [2.05, 4.69) is 25.5 Å². The van der Waals surface area contributed by atoms with E-state index >= 15 is 0 Å². The molecule has 2 amide bonds. The number of esters is 1. The van der Waals surface area contributed by atoms with Gasteiger partial charge in [-0.3, -0.25) is 0 Å². The number of aryl methyl sites for hydroxylation is 1. The molecular formula is C16H21N5O3. The van der Waals surface area contributed by atoms with Crippen molar-refractivity contribution in [1.29, 1.82) is 0 Å². The number of nitrogens with one attached hydrogen (secondary N) is 2. The quantitative estimate of drug-likeness (QED) is 0.792. The average molecular weight is 331 g/mol. The minimum absolute atomic E-state index is 0.284. The van der Waals surface area contributed by atoms with Crippen LogP contribution in [0.1, 0.15) is 42.5 Å². The highest BCUT2D eigenvalue weighted by Crippen LogP contribution is 2.12. The number of rotatable bonds is 6. The number of nitrogens with zero attached hydrogens (tertiary/aromatic N) is 3. The number of methoxy groups -OCH3 is 1. The lowest BCUT2D eigenvalue weighted by atomic mass is 10.2. The topological polar surface area (TPSA) is 98.1 Å². The van der Waals surface area contributed by atoms with Crippen molar-refractivity contribution in [3.63, 3.8) is 0 Å². The van der Waals surface area contributed by atoms with Crippen LogP contribution >= 0.6 is 0 Å². The fourth-order valence-electron chi connectivity index (χ4n) is 2.23. The summed E-state index contributed by atoms with van der Waals surface area (Å²) in [6.07, 6.45) is 2.41. The third kappa shape index (κ3) is 4.31. The summed E-state index contributed by atoms with van der Waals surface area (Å²) >= 11 is 0. The second kappa shape index (κ2) is 8.09. The van der Waals surface area contributed by atoms with Gasteiger partial charge in [0.2, 0.25) is 0 Å². The molecule has 1 aromatic carbocycles. The fourth-order valence-corrected chi connectivity index (χ4v) is 2.23. The van der Waals surface area contributed by atoms with Gasteiger partial charge in [0, 0.05) is 12.2 Å². The summed E-state index contributed by atoms with van der Waals surface area (Å²) in [6.45, 7) is 4.64. The monoisotopic (exact) mass is 331 g/mol. The van der Waals surface area contributed by atoms with Crippen molar-refractivity contribution in [2.24, 2.45) is 0 Å². The van der Waals surface area contributed by atoms with Gasteiger partial charge in [-0.15, -0.1) is 0 Å². The Kier molecular flexibility index (Phi) is 5.89. The number of aromatic nitrogens is 3. The second-order valence-electron chi connectivity index (χ2n) is 5.23. The first-order valence-corrected chi connectivity index (χ1v) is 7.68. The molecule has 0 saturated heterocycles. The summed E-state index contributed by atoms with van der Waals surface area (Å²) < 4.78 is 6.40. The predicted octanol–water partition coefficient (Wildman–Crippen LogP) is 2.36. The van der Waals surface area contributed by atoms with Gasteiger partial charge >= 0.3 is 12.0 Å². The molecule has 0 fully saturated rings. The van der Waals surface area contributed by atoms with Gasteiger partial charge in [-0.1, -0.05) is 6.92 Å². The Hall–Kier alpha value is -2.90. The van der Waals surface area contributed by atoms with E-state index in [1.54, 1.807) is 28.9 Å². The molecule has 0 bridgehead atoms. The molecule has 0 radical (unpaired) electrons. The lowest BCUT2D eigenvalue weighted by Gasteiger charge is -2.15. The highest BCUT2D eigenvalue weighted by Gasteiger charge is 2.15. The number of ether oxygens (including phenoxy) is 1. The molecule has 1 atom stereocenters. The van der Waals surface area contributed by atoms with Crippen LogP contribution in [0.2, 0.25) is 0 Å². The maximum atomic E-state index is 12.1. The molecule has 1 aromatic heterocycles. The smallest absolute Gasteiger partial charge is 0.337 e. The Morgan fingerprint density at radius 1 is 1.29 bits per heavy atom. The number of amides is 2. The van der Waals surface area contributed by atoms with Crippen molar-refractivity contribution < 1.29 is 14.3 Å². The van der Waals surface area contributed by atoms with Crippen LogP contribution in [-0.2, 0) is 11.3 Å². The highest BCUT2D eigenvalue weighted by atomic mass is 16.5.